The Morgan fingerprint density at radius 2 is 2.20 bits per heavy atom. The predicted molar refractivity (Wildman–Crippen MR) is 86.7 cm³/mol. The summed E-state index contributed by atoms with van der Waals surface area (Å²) in [5, 5.41) is 23.3. The van der Waals surface area contributed by atoms with Crippen LogP contribution in [-0.2, 0) is 9.47 Å². The van der Waals surface area contributed by atoms with E-state index in [9.17, 15) is 10.2 Å². The van der Waals surface area contributed by atoms with Crippen molar-refractivity contribution in [2.45, 2.75) is 49.3 Å². The van der Waals surface area contributed by atoms with Gasteiger partial charge in [-0.05, 0) is 12.8 Å². The average molecular weight is 348 g/mol. The fourth-order valence-electron chi connectivity index (χ4n) is 3.65. The number of aliphatic hydroxyl groups excluding tert-OH is 2. The Kier molecular flexibility index (Phi) is 3.20. The lowest BCUT2D eigenvalue weighted by Gasteiger charge is -2.44. The fraction of sp³-hybridized carbons (Fsp3) is 0.667. The Morgan fingerprint density at radius 3 is 2.84 bits per heavy atom. The molecule has 0 amide bonds. The number of rotatable bonds is 4. The summed E-state index contributed by atoms with van der Waals surface area (Å²) >= 11 is 0. The van der Waals surface area contributed by atoms with E-state index in [2.05, 4.69) is 20.3 Å². The number of nitrogens with one attached hydrogen (secondary N) is 1. The molecular formula is C15H20N6O4. The van der Waals surface area contributed by atoms with E-state index in [0.29, 0.717) is 36.1 Å². The third kappa shape index (κ3) is 2.15. The number of aromatic nitrogens is 4. The molecule has 0 radical (unpaired) electrons. The van der Waals surface area contributed by atoms with Crippen molar-refractivity contribution >= 4 is 22.9 Å². The molecule has 25 heavy (non-hydrogen) atoms. The van der Waals surface area contributed by atoms with E-state index in [4.69, 9.17) is 15.2 Å². The quantitative estimate of drug-likeness (QED) is 0.569. The maximum absolute atomic E-state index is 10.5. The first-order valence-corrected chi connectivity index (χ1v) is 8.47. The molecular weight excluding hydrogens is 328 g/mol. The minimum atomic E-state index is -0.919. The molecule has 5 rings (SSSR count). The summed E-state index contributed by atoms with van der Waals surface area (Å²) in [6.45, 7) is 0.244. The Balaban J connectivity index is 1.59. The largest absolute Gasteiger partial charge is 0.394 e. The van der Waals surface area contributed by atoms with Gasteiger partial charge in [-0.15, -0.1) is 0 Å². The molecule has 1 saturated carbocycles. The van der Waals surface area contributed by atoms with Gasteiger partial charge in [0.05, 0.1) is 19.5 Å². The molecule has 5 N–H and O–H groups in total. The summed E-state index contributed by atoms with van der Waals surface area (Å²) in [6, 6.07) is 0.396. The Labute approximate surface area is 143 Å². The second-order valence-electron chi connectivity index (χ2n) is 6.88. The summed E-state index contributed by atoms with van der Waals surface area (Å²) in [6.07, 6.45) is 2.14. The zero-order valence-electron chi connectivity index (χ0n) is 13.5. The third-order valence-electron chi connectivity index (χ3n) is 5.23. The molecule has 2 saturated heterocycles. The monoisotopic (exact) mass is 348 g/mol. The van der Waals surface area contributed by atoms with E-state index in [-0.39, 0.29) is 12.6 Å². The number of hydrogen-bond donors (Lipinski definition) is 4. The minimum absolute atomic E-state index is 0.137. The molecule has 2 aliphatic heterocycles. The number of nitrogen functional groups attached to an aromatic ring is 1. The van der Waals surface area contributed by atoms with Crippen LogP contribution in [0.1, 0.15) is 25.5 Å². The number of nitrogens with zero attached hydrogens (tertiary/aromatic N) is 4. The van der Waals surface area contributed by atoms with E-state index in [1.807, 2.05) is 0 Å². The van der Waals surface area contributed by atoms with Crippen LogP contribution < -0.4 is 11.1 Å². The molecule has 4 atom stereocenters. The first kappa shape index (κ1) is 15.3. The molecule has 2 aromatic rings. The van der Waals surface area contributed by atoms with E-state index in [0.717, 1.165) is 12.8 Å². The maximum Gasteiger partial charge on any atom is 0.224 e. The summed E-state index contributed by atoms with van der Waals surface area (Å²) in [5.74, 6) is 0.739. The molecule has 3 unspecified atom stereocenters. The van der Waals surface area contributed by atoms with Crippen LogP contribution >= 0.6 is 0 Å². The second-order valence-corrected chi connectivity index (χ2v) is 6.88. The van der Waals surface area contributed by atoms with E-state index < -0.39 is 24.0 Å². The van der Waals surface area contributed by atoms with Gasteiger partial charge in [0.25, 0.3) is 0 Å². The van der Waals surface area contributed by atoms with Gasteiger partial charge in [0.1, 0.15) is 17.8 Å². The lowest BCUT2D eigenvalue weighted by Crippen LogP contribution is -2.56. The van der Waals surface area contributed by atoms with Crippen LogP contribution in [0, 0.1) is 0 Å². The van der Waals surface area contributed by atoms with Crippen molar-refractivity contribution in [3.05, 3.63) is 6.33 Å². The van der Waals surface area contributed by atoms with E-state index in [1.54, 1.807) is 10.9 Å². The van der Waals surface area contributed by atoms with Gasteiger partial charge in [-0.2, -0.15) is 9.97 Å². The summed E-state index contributed by atoms with van der Waals surface area (Å²) in [4.78, 5) is 13.0. The van der Waals surface area contributed by atoms with Gasteiger partial charge >= 0.3 is 0 Å². The molecule has 1 spiro atoms. The van der Waals surface area contributed by atoms with Crippen LogP contribution in [0.2, 0.25) is 0 Å². The summed E-state index contributed by atoms with van der Waals surface area (Å²) in [5.41, 5.74) is 6.09. The zero-order chi connectivity index (χ0) is 17.2. The van der Waals surface area contributed by atoms with Gasteiger partial charge in [0, 0.05) is 12.5 Å². The Morgan fingerprint density at radius 1 is 1.40 bits per heavy atom. The average Bonchev–Trinajstić information content (AvgIpc) is 3.17. The molecule has 3 fully saturated rings. The van der Waals surface area contributed by atoms with Crippen LogP contribution in [0.4, 0.5) is 11.8 Å². The van der Waals surface area contributed by atoms with Crippen molar-refractivity contribution in [3.8, 4) is 0 Å². The molecule has 134 valence electrons. The van der Waals surface area contributed by atoms with Crippen molar-refractivity contribution in [1.82, 2.24) is 19.5 Å². The van der Waals surface area contributed by atoms with Gasteiger partial charge in [0.2, 0.25) is 5.95 Å². The van der Waals surface area contributed by atoms with Crippen molar-refractivity contribution in [2.75, 3.05) is 24.3 Å². The van der Waals surface area contributed by atoms with Crippen LogP contribution in [0.5, 0.6) is 0 Å². The Hall–Kier alpha value is -2.01. The van der Waals surface area contributed by atoms with E-state index >= 15 is 0 Å². The van der Waals surface area contributed by atoms with Gasteiger partial charge in [-0.1, -0.05) is 0 Å². The van der Waals surface area contributed by atoms with Gasteiger partial charge < -0.3 is 30.7 Å². The molecule has 0 bridgehead atoms. The Bertz CT molecular complexity index is 818. The van der Waals surface area contributed by atoms with Crippen LogP contribution in [0.3, 0.4) is 0 Å². The van der Waals surface area contributed by atoms with E-state index in [1.165, 1.54) is 0 Å². The van der Waals surface area contributed by atoms with Gasteiger partial charge in [-0.3, -0.25) is 4.57 Å². The highest BCUT2D eigenvalue weighted by molar-refractivity contribution is 5.84. The predicted octanol–water partition coefficient (Wildman–Crippen LogP) is -0.608. The number of anilines is 2. The number of hydrogen-bond acceptors (Lipinski definition) is 9. The van der Waals surface area contributed by atoms with Crippen LogP contribution in [-0.4, -0.2) is 66.8 Å². The fourth-order valence-corrected chi connectivity index (χ4v) is 3.65. The molecule has 1 aliphatic carbocycles. The zero-order valence-corrected chi connectivity index (χ0v) is 13.5. The lowest BCUT2D eigenvalue weighted by molar-refractivity contribution is -0.225. The highest BCUT2D eigenvalue weighted by Gasteiger charge is 2.61. The molecule has 4 heterocycles. The highest BCUT2D eigenvalue weighted by atomic mass is 16.6. The molecule has 2 aromatic heterocycles. The first-order valence-electron chi connectivity index (χ1n) is 8.47. The number of imidazole rings is 1. The smallest absolute Gasteiger partial charge is 0.224 e. The summed E-state index contributed by atoms with van der Waals surface area (Å²) in [7, 11) is 0. The van der Waals surface area contributed by atoms with Gasteiger partial charge in [0.15, 0.2) is 23.2 Å². The SMILES string of the molecule is Nc1nc(NC2CC2)c2ncn(C3OC(CO)C(O)[C@]34CCO4)c2n1. The van der Waals surface area contributed by atoms with Gasteiger partial charge in [-0.25, -0.2) is 4.98 Å². The first-order chi connectivity index (χ1) is 12.1. The standard InChI is InChI=1S/C15H20N6O4/c16-14-19-11(18-7-1-2-7)9-12(20-14)21(6-17-9)13-15(3-4-24-15)10(23)8(5-22)25-13/h6-8,10,13,22-23H,1-5H2,(H3,16,18,19,20)/t8?,10?,13?,15-/m1/s1. The lowest BCUT2D eigenvalue weighted by atomic mass is 9.86. The minimum Gasteiger partial charge on any atom is -0.394 e. The molecule has 10 nitrogen and oxygen atoms in total. The molecule has 0 aromatic carbocycles. The number of ether oxygens (including phenoxy) is 2. The van der Waals surface area contributed by atoms with Crippen molar-refractivity contribution in [3.63, 3.8) is 0 Å². The number of nitrogens with two attached hydrogens (primary N) is 1. The highest BCUT2D eigenvalue weighted by Crippen LogP contribution is 2.49. The molecule has 3 aliphatic rings. The van der Waals surface area contributed by atoms with Crippen LogP contribution in [0.25, 0.3) is 11.2 Å². The number of aliphatic hydroxyl groups is 2. The third-order valence-corrected chi connectivity index (χ3v) is 5.23. The summed E-state index contributed by atoms with van der Waals surface area (Å²) < 4.78 is 13.3. The normalized spacial score (nSPS) is 34.6. The topological polar surface area (TPSA) is 141 Å². The maximum atomic E-state index is 10.5. The van der Waals surface area contributed by atoms with Crippen LogP contribution in [0.15, 0.2) is 6.33 Å². The second kappa shape index (κ2) is 5.24. The number of fused-ring (bicyclic) bond motifs is 1. The van der Waals surface area contributed by atoms with Crippen molar-refractivity contribution in [1.29, 1.82) is 0 Å². The van der Waals surface area contributed by atoms with Crippen molar-refractivity contribution < 1.29 is 19.7 Å². The molecule has 10 heteroatoms. The van der Waals surface area contributed by atoms with Crippen molar-refractivity contribution in [2.24, 2.45) is 0 Å².